The normalized spacial score (nSPS) is 18.9. The molecule has 2 aromatic rings. The van der Waals surface area contributed by atoms with Crippen LogP contribution in [0.15, 0.2) is 54.6 Å². The number of hydrogen-bond donors (Lipinski definition) is 2. The number of nitrogens with zero attached hydrogens (tertiary/aromatic N) is 1. The van der Waals surface area contributed by atoms with Crippen molar-refractivity contribution in [2.24, 2.45) is 0 Å². The zero-order chi connectivity index (χ0) is 23.7. The zero-order valence-corrected chi connectivity index (χ0v) is 18.2. The van der Waals surface area contributed by atoms with E-state index in [4.69, 9.17) is 0 Å². The van der Waals surface area contributed by atoms with Crippen molar-refractivity contribution in [3.05, 3.63) is 65.7 Å². The summed E-state index contributed by atoms with van der Waals surface area (Å²) in [5.41, 5.74) is 1.34. The summed E-state index contributed by atoms with van der Waals surface area (Å²) in [7, 11) is 0. The van der Waals surface area contributed by atoms with Gasteiger partial charge in [-0.3, -0.25) is 9.59 Å². The Hall–Kier alpha value is -3.07. The van der Waals surface area contributed by atoms with Crippen LogP contribution in [0.25, 0.3) is 0 Å². The summed E-state index contributed by atoms with van der Waals surface area (Å²) < 4.78 is 40.9. The van der Waals surface area contributed by atoms with E-state index < -0.39 is 6.36 Å². The molecule has 2 aromatic carbocycles. The third-order valence-electron chi connectivity index (χ3n) is 5.39. The molecule has 9 heteroatoms. The van der Waals surface area contributed by atoms with Crippen molar-refractivity contribution in [3.63, 3.8) is 0 Å². The van der Waals surface area contributed by atoms with Crippen molar-refractivity contribution in [1.82, 2.24) is 15.5 Å². The number of carbonyl (C=O) groups excluding carboxylic acids is 2. The number of ether oxygens (including phenoxy) is 1. The molecule has 1 atom stereocenters. The Bertz CT molecular complexity index is 905. The minimum atomic E-state index is -4.78. The number of carbonyl (C=O) groups is 2. The maximum absolute atomic E-state index is 12.9. The molecule has 33 heavy (non-hydrogen) atoms. The van der Waals surface area contributed by atoms with Crippen molar-refractivity contribution in [2.45, 2.75) is 38.1 Å². The van der Waals surface area contributed by atoms with Gasteiger partial charge in [0.2, 0.25) is 5.91 Å². The highest BCUT2D eigenvalue weighted by Crippen LogP contribution is 2.23. The molecule has 0 aromatic heterocycles. The maximum atomic E-state index is 12.9. The molecule has 1 aliphatic heterocycles. The molecule has 178 valence electrons. The molecule has 6 nitrogen and oxygen atoms in total. The summed E-state index contributed by atoms with van der Waals surface area (Å²) in [5, 5.41) is 6.34. The first kappa shape index (κ1) is 24.6. The number of nitrogens with one attached hydrogen (secondary N) is 2. The van der Waals surface area contributed by atoms with Crippen LogP contribution in [0.1, 0.15) is 47.6 Å². The predicted molar refractivity (Wildman–Crippen MR) is 118 cm³/mol. The van der Waals surface area contributed by atoms with Gasteiger partial charge in [-0.2, -0.15) is 0 Å². The van der Waals surface area contributed by atoms with Gasteiger partial charge in [-0.1, -0.05) is 30.3 Å². The Morgan fingerprint density at radius 3 is 2.33 bits per heavy atom. The quantitative estimate of drug-likeness (QED) is 0.721. The first-order valence-electron chi connectivity index (χ1n) is 11.0. The van der Waals surface area contributed by atoms with Crippen LogP contribution in [-0.4, -0.2) is 49.3 Å². The van der Waals surface area contributed by atoms with Crippen LogP contribution >= 0.6 is 0 Å². The number of amides is 2. The van der Waals surface area contributed by atoms with E-state index in [9.17, 15) is 22.8 Å². The summed E-state index contributed by atoms with van der Waals surface area (Å²) in [5.74, 6) is -0.690. The molecule has 1 heterocycles. The number of alkyl halides is 3. The lowest BCUT2D eigenvalue weighted by Gasteiger charge is -2.23. The van der Waals surface area contributed by atoms with Crippen LogP contribution in [0.3, 0.4) is 0 Å². The summed E-state index contributed by atoms with van der Waals surface area (Å²) in [6, 6.07) is 14.7. The Morgan fingerprint density at radius 1 is 0.939 bits per heavy atom. The van der Waals surface area contributed by atoms with Gasteiger partial charge >= 0.3 is 6.36 Å². The van der Waals surface area contributed by atoms with E-state index in [1.807, 2.05) is 30.3 Å². The third-order valence-corrected chi connectivity index (χ3v) is 5.39. The Balaban J connectivity index is 1.61. The molecule has 1 fully saturated rings. The van der Waals surface area contributed by atoms with E-state index in [0.29, 0.717) is 44.6 Å². The second-order valence-corrected chi connectivity index (χ2v) is 7.90. The second-order valence-electron chi connectivity index (χ2n) is 7.90. The highest BCUT2D eigenvalue weighted by atomic mass is 19.4. The van der Waals surface area contributed by atoms with Gasteiger partial charge in [-0.25, -0.2) is 0 Å². The first-order chi connectivity index (χ1) is 15.8. The van der Waals surface area contributed by atoms with E-state index in [2.05, 4.69) is 15.4 Å². The molecule has 0 radical (unpaired) electrons. The molecule has 1 unspecified atom stereocenters. The molecule has 2 amide bonds. The third kappa shape index (κ3) is 8.09. The summed E-state index contributed by atoms with van der Waals surface area (Å²) >= 11 is 0. The van der Waals surface area contributed by atoms with Gasteiger partial charge < -0.3 is 20.3 Å². The van der Waals surface area contributed by atoms with Crippen LogP contribution in [0.5, 0.6) is 5.75 Å². The standard InChI is InChI=1S/C24H28F3N3O3/c25-24(26,27)33-20-11-9-19(10-12-20)23(32)30-15-5-4-13-28-21(18-7-2-1-3-8-18)17-22(31)29-14-6-16-30/h1-3,7-12,21,28H,4-6,13-17H2,(H,29,31). The highest BCUT2D eigenvalue weighted by molar-refractivity contribution is 5.94. The number of hydrogen-bond acceptors (Lipinski definition) is 4. The average Bonchev–Trinajstić information content (AvgIpc) is 2.80. The fourth-order valence-corrected chi connectivity index (χ4v) is 3.75. The number of halogens is 3. The fraction of sp³-hybridized carbons (Fsp3) is 0.417. The van der Waals surface area contributed by atoms with Crippen molar-refractivity contribution in [1.29, 1.82) is 0 Å². The van der Waals surface area contributed by atoms with Gasteiger partial charge in [0.05, 0.1) is 0 Å². The van der Waals surface area contributed by atoms with Crippen molar-refractivity contribution >= 4 is 11.8 Å². The Morgan fingerprint density at radius 2 is 1.64 bits per heavy atom. The molecule has 0 saturated carbocycles. The van der Waals surface area contributed by atoms with Crippen molar-refractivity contribution in [2.75, 3.05) is 26.2 Å². The molecule has 1 aliphatic rings. The molecule has 3 rings (SSSR count). The molecular formula is C24H28F3N3O3. The van der Waals surface area contributed by atoms with Gasteiger partial charge in [0.15, 0.2) is 0 Å². The monoisotopic (exact) mass is 463 g/mol. The minimum absolute atomic E-state index is 0.0614. The molecule has 1 saturated heterocycles. The first-order valence-corrected chi connectivity index (χ1v) is 11.0. The van der Waals surface area contributed by atoms with Crippen LogP contribution in [-0.2, 0) is 4.79 Å². The van der Waals surface area contributed by atoms with Crippen molar-refractivity contribution < 1.29 is 27.5 Å². The maximum Gasteiger partial charge on any atom is 0.573 e. The Labute approximate surface area is 191 Å². The van der Waals surface area contributed by atoms with Gasteiger partial charge in [0, 0.05) is 37.7 Å². The zero-order valence-electron chi connectivity index (χ0n) is 18.2. The lowest BCUT2D eigenvalue weighted by atomic mass is 10.0. The van der Waals surface area contributed by atoms with Crippen molar-refractivity contribution in [3.8, 4) is 5.75 Å². The smallest absolute Gasteiger partial charge is 0.406 e. The van der Waals surface area contributed by atoms with E-state index in [0.717, 1.165) is 30.5 Å². The van der Waals surface area contributed by atoms with Crippen LogP contribution in [0.2, 0.25) is 0 Å². The van der Waals surface area contributed by atoms with E-state index >= 15 is 0 Å². The Kier molecular flexibility index (Phi) is 8.71. The van der Waals surface area contributed by atoms with Gasteiger partial charge in [0.1, 0.15) is 5.75 Å². The lowest BCUT2D eigenvalue weighted by Crippen LogP contribution is -2.35. The van der Waals surface area contributed by atoms with E-state index in [1.54, 1.807) is 4.90 Å². The molecule has 0 aliphatic carbocycles. The highest BCUT2D eigenvalue weighted by Gasteiger charge is 2.31. The minimum Gasteiger partial charge on any atom is -0.406 e. The molecule has 2 N–H and O–H groups in total. The summed E-state index contributed by atoms with van der Waals surface area (Å²) in [6.07, 6.45) is -2.29. The average molecular weight is 464 g/mol. The van der Waals surface area contributed by atoms with E-state index in [1.165, 1.54) is 12.1 Å². The van der Waals surface area contributed by atoms with Gasteiger partial charge in [-0.15, -0.1) is 13.2 Å². The van der Waals surface area contributed by atoms with Crippen LogP contribution in [0, 0.1) is 0 Å². The number of rotatable bonds is 3. The molecule has 0 bridgehead atoms. The molecule has 0 spiro atoms. The topological polar surface area (TPSA) is 70.7 Å². The fourth-order valence-electron chi connectivity index (χ4n) is 3.75. The summed E-state index contributed by atoms with van der Waals surface area (Å²) in [6.45, 7) is 2.08. The summed E-state index contributed by atoms with van der Waals surface area (Å²) in [4.78, 5) is 27.0. The predicted octanol–water partition coefficient (Wildman–Crippen LogP) is 4.05. The SMILES string of the molecule is O=C1CC(c2ccccc2)NCCCCN(C(=O)c2ccc(OC(F)(F)F)cc2)CCCN1. The van der Waals surface area contributed by atoms with Gasteiger partial charge in [-0.05, 0) is 55.6 Å². The second kappa shape index (κ2) is 11.7. The lowest BCUT2D eigenvalue weighted by molar-refractivity contribution is -0.274. The van der Waals surface area contributed by atoms with Crippen LogP contribution in [0.4, 0.5) is 13.2 Å². The number of benzene rings is 2. The van der Waals surface area contributed by atoms with E-state index in [-0.39, 0.29) is 23.6 Å². The largest absolute Gasteiger partial charge is 0.573 e. The van der Waals surface area contributed by atoms with Crippen LogP contribution < -0.4 is 15.4 Å². The van der Waals surface area contributed by atoms with Gasteiger partial charge in [0.25, 0.3) is 5.91 Å². The molecular weight excluding hydrogens is 435 g/mol.